The zero-order valence-electron chi connectivity index (χ0n) is 15.3. The van der Waals surface area contributed by atoms with Gasteiger partial charge in [-0.1, -0.05) is 42.5 Å². The molecule has 3 rings (SSSR count). The van der Waals surface area contributed by atoms with Crippen molar-refractivity contribution >= 4 is 29.2 Å². The number of nitrogens with one attached hydrogen (secondary N) is 2. The largest absolute Gasteiger partial charge is 0.351 e. The molecule has 0 aliphatic carbocycles. The van der Waals surface area contributed by atoms with Gasteiger partial charge in [-0.25, -0.2) is 0 Å². The monoisotopic (exact) mass is 386 g/mol. The lowest BCUT2D eigenvalue weighted by Gasteiger charge is -2.11. The Bertz CT molecular complexity index is 863. The standard InChI is InChI=1S/C21H26N4O.ClH/c22-10-4-7-18(23)14-24-21(26)20-13-17-9-8-16(12-19(17)25-20)11-15-5-2-1-3-6-15;/h1-3,5-6,8-9,12-13,18,25H,4,7,10-11,14,22-23H2,(H,24,26);1H. The van der Waals surface area contributed by atoms with Crippen molar-refractivity contribution in [1.29, 1.82) is 0 Å². The fourth-order valence-corrected chi connectivity index (χ4v) is 3.04. The maximum absolute atomic E-state index is 12.3. The minimum atomic E-state index is -0.131. The number of aromatic amines is 1. The Morgan fingerprint density at radius 1 is 1.07 bits per heavy atom. The van der Waals surface area contributed by atoms with E-state index in [9.17, 15) is 4.79 Å². The molecule has 0 spiro atoms. The van der Waals surface area contributed by atoms with Crippen LogP contribution in [0.25, 0.3) is 10.9 Å². The van der Waals surface area contributed by atoms with Crippen LogP contribution in [0.3, 0.4) is 0 Å². The molecule has 1 heterocycles. The van der Waals surface area contributed by atoms with E-state index in [1.54, 1.807) is 0 Å². The second-order valence-electron chi connectivity index (χ2n) is 6.67. The van der Waals surface area contributed by atoms with Gasteiger partial charge >= 0.3 is 0 Å². The van der Waals surface area contributed by atoms with E-state index < -0.39 is 0 Å². The van der Waals surface area contributed by atoms with Crippen LogP contribution in [0.2, 0.25) is 0 Å². The summed E-state index contributed by atoms with van der Waals surface area (Å²) in [7, 11) is 0. The number of H-pyrrole nitrogens is 1. The molecule has 0 saturated heterocycles. The molecule has 3 aromatic rings. The molecule has 27 heavy (non-hydrogen) atoms. The Kier molecular flexibility index (Phi) is 7.85. The molecule has 0 aliphatic rings. The predicted octanol–water partition coefficient (Wildman–Crippen LogP) is 2.98. The molecular weight excluding hydrogens is 360 g/mol. The van der Waals surface area contributed by atoms with Crippen molar-refractivity contribution in [1.82, 2.24) is 10.3 Å². The highest BCUT2D eigenvalue weighted by Gasteiger charge is 2.11. The summed E-state index contributed by atoms with van der Waals surface area (Å²) in [6.45, 7) is 1.07. The number of fused-ring (bicyclic) bond motifs is 1. The van der Waals surface area contributed by atoms with Gasteiger partial charge in [0.25, 0.3) is 5.91 Å². The minimum absolute atomic E-state index is 0. The van der Waals surface area contributed by atoms with E-state index in [1.807, 2.05) is 30.3 Å². The molecule has 0 fully saturated rings. The number of amides is 1. The zero-order valence-corrected chi connectivity index (χ0v) is 16.1. The fraction of sp³-hybridized carbons (Fsp3) is 0.286. The highest BCUT2D eigenvalue weighted by atomic mass is 35.5. The molecule has 0 bridgehead atoms. The number of carbonyl (C=O) groups excluding carboxylic acids is 1. The third kappa shape index (κ3) is 5.82. The van der Waals surface area contributed by atoms with E-state index in [4.69, 9.17) is 11.5 Å². The van der Waals surface area contributed by atoms with Crippen LogP contribution in [0.5, 0.6) is 0 Å². The van der Waals surface area contributed by atoms with Gasteiger partial charge < -0.3 is 21.8 Å². The summed E-state index contributed by atoms with van der Waals surface area (Å²) in [5.74, 6) is -0.131. The van der Waals surface area contributed by atoms with Crippen LogP contribution < -0.4 is 16.8 Å². The average molecular weight is 387 g/mol. The van der Waals surface area contributed by atoms with Crippen LogP contribution in [-0.2, 0) is 6.42 Å². The molecule has 1 amide bonds. The van der Waals surface area contributed by atoms with Gasteiger partial charge in [0.2, 0.25) is 0 Å². The molecule has 6 heteroatoms. The maximum Gasteiger partial charge on any atom is 0.267 e. The lowest BCUT2D eigenvalue weighted by atomic mass is 10.0. The van der Waals surface area contributed by atoms with Crippen molar-refractivity contribution in [3.63, 3.8) is 0 Å². The summed E-state index contributed by atoms with van der Waals surface area (Å²) in [6, 6.07) is 18.4. The Hall–Kier alpha value is -2.34. The first kappa shape index (κ1) is 21.0. The Balaban J connectivity index is 0.00000261. The number of benzene rings is 2. The number of carbonyl (C=O) groups is 1. The van der Waals surface area contributed by atoms with Crippen molar-refractivity contribution in [3.05, 3.63) is 71.4 Å². The number of hydrogen-bond donors (Lipinski definition) is 4. The number of aromatic nitrogens is 1. The topological polar surface area (TPSA) is 96.9 Å². The average Bonchev–Trinajstić information content (AvgIpc) is 3.08. The molecule has 1 unspecified atom stereocenters. The zero-order chi connectivity index (χ0) is 18.4. The molecule has 2 aromatic carbocycles. The van der Waals surface area contributed by atoms with E-state index in [2.05, 4.69) is 34.6 Å². The normalized spacial score (nSPS) is 11.8. The molecule has 1 atom stereocenters. The third-order valence-electron chi connectivity index (χ3n) is 4.49. The quantitative estimate of drug-likeness (QED) is 0.479. The molecule has 5 nitrogen and oxygen atoms in total. The number of nitrogens with two attached hydrogens (primary N) is 2. The number of rotatable bonds is 8. The van der Waals surface area contributed by atoms with Crippen LogP contribution in [-0.4, -0.2) is 30.0 Å². The van der Waals surface area contributed by atoms with Gasteiger partial charge in [-0.2, -0.15) is 0 Å². The van der Waals surface area contributed by atoms with Crippen molar-refractivity contribution in [3.8, 4) is 0 Å². The van der Waals surface area contributed by atoms with Crippen LogP contribution in [0.15, 0.2) is 54.6 Å². The lowest BCUT2D eigenvalue weighted by Crippen LogP contribution is -2.37. The summed E-state index contributed by atoms with van der Waals surface area (Å²) < 4.78 is 0. The SMILES string of the molecule is Cl.NCCCC(N)CNC(=O)c1cc2ccc(Cc3ccccc3)cc2[nH]1. The number of hydrogen-bond acceptors (Lipinski definition) is 3. The minimum Gasteiger partial charge on any atom is -0.351 e. The van der Waals surface area contributed by atoms with E-state index in [-0.39, 0.29) is 24.4 Å². The molecule has 6 N–H and O–H groups in total. The lowest BCUT2D eigenvalue weighted by molar-refractivity contribution is 0.0946. The first-order valence-electron chi connectivity index (χ1n) is 9.05. The van der Waals surface area contributed by atoms with E-state index in [0.717, 1.165) is 30.2 Å². The van der Waals surface area contributed by atoms with Gasteiger partial charge in [0.1, 0.15) is 5.69 Å². The second kappa shape index (κ2) is 10.1. The maximum atomic E-state index is 12.3. The van der Waals surface area contributed by atoms with Crippen LogP contribution in [0.4, 0.5) is 0 Å². The molecule has 144 valence electrons. The predicted molar refractivity (Wildman–Crippen MR) is 113 cm³/mol. The summed E-state index contributed by atoms with van der Waals surface area (Å²) >= 11 is 0. The van der Waals surface area contributed by atoms with Crippen molar-refractivity contribution in [2.45, 2.75) is 25.3 Å². The van der Waals surface area contributed by atoms with Crippen molar-refractivity contribution in [2.24, 2.45) is 11.5 Å². The smallest absolute Gasteiger partial charge is 0.267 e. The first-order chi connectivity index (χ1) is 12.7. The van der Waals surface area contributed by atoms with Gasteiger partial charge in [0.15, 0.2) is 0 Å². The first-order valence-corrected chi connectivity index (χ1v) is 9.05. The summed E-state index contributed by atoms with van der Waals surface area (Å²) in [5, 5.41) is 3.91. The Labute approximate surface area is 165 Å². The molecule has 0 saturated carbocycles. The van der Waals surface area contributed by atoms with Gasteiger partial charge in [-0.15, -0.1) is 12.4 Å². The highest BCUT2D eigenvalue weighted by Crippen LogP contribution is 2.19. The van der Waals surface area contributed by atoms with Crippen molar-refractivity contribution < 1.29 is 4.79 Å². The van der Waals surface area contributed by atoms with E-state index >= 15 is 0 Å². The number of halogens is 1. The van der Waals surface area contributed by atoms with E-state index in [1.165, 1.54) is 11.1 Å². The van der Waals surface area contributed by atoms with Crippen LogP contribution in [0, 0.1) is 0 Å². The van der Waals surface area contributed by atoms with Gasteiger partial charge in [0, 0.05) is 23.5 Å². The molecule has 0 aliphatic heterocycles. The second-order valence-corrected chi connectivity index (χ2v) is 6.67. The Morgan fingerprint density at radius 3 is 2.59 bits per heavy atom. The summed E-state index contributed by atoms with van der Waals surface area (Å²) in [5.41, 5.74) is 15.5. The molecule has 1 aromatic heterocycles. The van der Waals surface area contributed by atoms with Gasteiger partial charge in [-0.3, -0.25) is 4.79 Å². The van der Waals surface area contributed by atoms with Crippen LogP contribution in [0.1, 0.15) is 34.5 Å². The van der Waals surface area contributed by atoms with Gasteiger partial charge in [0.05, 0.1) is 0 Å². The Morgan fingerprint density at radius 2 is 1.85 bits per heavy atom. The highest BCUT2D eigenvalue weighted by molar-refractivity contribution is 5.98. The van der Waals surface area contributed by atoms with E-state index in [0.29, 0.717) is 18.8 Å². The fourth-order valence-electron chi connectivity index (χ4n) is 3.04. The molecular formula is C21H27ClN4O. The van der Waals surface area contributed by atoms with Crippen molar-refractivity contribution in [2.75, 3.05) is 13.1 Å². The van der Waals surface area contributed by atoms with Gasteiger partial charge in [-0.05, 0) is 49.1 Å². The molecule has 0 radical (unpaired) electrons. The van der Waals surface area contributed by atoms with Crippen LogP contribution >= 0.6 is 12.4 Å². The third-order valence-corrected chi connectivity index (χ3v) is 4.49. The summed E-state index contributed by atoms with van der Waals surface area (Å²) in [6.07, 6.45) is 2.55. The summed E-state index contributed by atoms with van der Waals surface area (Å²) in [4.78, 5) is 15.6.